The Morgan fingerprint density at radius 3 is 2.46 bits per heavy atom. The van der Waals surface area contributed by atoms with Crippen LogP contribution in [0.15, 0.2) is 23.1 Å². The number of sulfonamides is 1. The van der Waals surface area contributed by atoms with Gasteiger partial charge >= 0.3 is 6.09 Å². The molecule has 26 heavy (non-hydrogen) atoms. The van der Waals surface area contributed by atoms with Crippen molar-refractivity contribution in [2.45, 2.75) is 70.4 Å². The average molecular weight is 383 g/mol. The highest BCUT2D eigenvalue weighted by molar-refractivity contribution is 7.89. The Bertz CT molecular complexity index is 749. The van der Waals surface area contributed by atoms with E-state index in [1.807, 2.05) is 33.8 Å². The lowest BCUT2D eigenvalue weighted by Crippen LogP contribution is -2.39. The molecule has 1 aromatic rings. The Kier molecular flexibility index (Phi) is 6.34. The molecule has 7 heteroatoms. The highest BCUT2D eigenvalue weighted by Crippen LogP contribution is 2.28. The fourth-order valence-corrected chi connectivity index (χ4v) is 4.06. The Morgan fingerprint density at radius 2 is 1.92 bits per heavy atom. The van der Waals surface area contributed by atoms with E-state index in [-0.39, 0.29) is 18.7 Å². The van der Waals surface area contributed by atoms with Crippen molar-refractivity contribution in [3.05, 3.63) is 29.3 Å². The summed E-state index contributed by atoms with van der Waals surface area (Å²) in [5.74, 6) is 0. The van der Waals surface area contributed by atoms with Gasteiger partial charge in [0.2, 0.25) is 10.0 Å². The standard InChI is InChI=1S/C19H30N2O4S/c1-14-7-10-17(15(2)13-14)26(23,24)20-11-6-12-21(16-8-9-16)18(22)25-19(3,4)5/h7,10,13,16,20H,6,8-9,11-12H2,1-5H3. The van der Waals surface area contributed by atoms with E-state index in [0.717, 1.165) is 24.0 Å². The Hall–Kier alpha value is -1.60. The predicted molar refractivity (Wildman–Crippen MR) is 102 cm³/mol. The third-order valence-corrected chi connectivity index (χ3v) is 5.72. The molecule has 2 rings (SSSR count). The Balaban J connectivity index is 1.89. The first kappa shape index (κ1) is 20.7. The van der Waals surface area contributed by atoms with Gasteiger partial charge in [-0.25, -0.2) is 17.9 Å². The zero-order chi connectivity index (χ0) is 19.5. The van der Waals surface area contributed by atoms with Crippen LogP contribution >= 0.6 is 0 Å². The Labute approximate surface area is 157 Å². The molecule has 1 saturated carbocycles. The third-order valence-electron chi connectivity index (χ3n) is 4.10. The highest BCUT2D eigenvalue weighted by Gasteiger charge is 2.34. The van der Waals surface area contributed by atoms with E-state index in [1.165, 1.54) is 0 Å². The maximum Gasteiger partial charge on any atom is 0.410 e. The lowest BCUT2D eigenvalue weighted by Gasteiger charge is -2.27. The second-order valence-electron chi connectivity index (χ2n) is 7.93. The number of aryl methyl sites for hydroxylation is 2. The van der Waals surface area contributed by atoms with Crippen molar-refractivity contribution in [1.29, 1.82) is 0 Å². The molecule has 0 saturated heterocycles. The summed E-state index contributed by atoms with van der Waals surface area (Å²) in [5.41, 5.74) is 1.22. The van der Waals surface area contributed by atoms with Gasteiger partial charge < -0.3 is 9.64 Å². The number of nitrogens with zero attached hydrogens (tertiary/aromatic N) is 1. The minimum absolute atomic E-state index is 0.223. The summed E-state index contributed by atoms with van der Waals surface area (Å²) in [4.78, 5) is 14.3. The summed E-state index contributed by atoms with van der Waals surface area (Å²) < 4.78 is 33.0. The molecule has 0 aromatic heterocycles. The number of rotatable bonds is 7. The van der Waals surface area contributed by atoms with E-state index in [1.54, 1.807) is 24.0 Å². The zero-order valence-corrected chi connectivity index (χ0v) is 17.1. The molecule has 0 atom stereocenters. The number of ether oxygens (including phenoxy) is 1. The molecule has 1 aliphatic carbocycles. The van der Waals surface area contributed by atoms with Crippen LogP contribution in [0.25, 0.3) is 0 Å². The van der Waals surface area contributed by atoms with Crippen molar-refractivity contribution in [1.82, 2.24) is 9.62 Å². The average Bonchev–Trinajstić information content (AvgIpc) is 3.29. The van der Waals surface area contributed by atoms with Gasteiger partial charge in [-0.05, 0) is 65.5 Å². The second-order valence-corrected chi connectivity index (χ2v) is 9.66. The molecule has 0 heterocycles. The first-order valence-corrected chi connectivity index (χ1v) is 10.5. The van der Waals surface area contributed by atoms with Gasteiger partial charge in [0.15, 0.2) is 0 Å². The number of carbonyl (C=O) groups excluding carboxylic acids is 1. The van der Waals surface area contributed by atoms with Gasteiger partial charge in [0, 0.05) is 19.1 Å². The van der Waals surface area contributed by atoms with Gasteiger partial charge in [0.25, 0.3) is 0 Å². The van der Waals surface area contributed by atoms with E-state index >= 15 is 0 Å². The van der Waals surface area contributed by atoms with E-state index in [0.29, 0.717) is 17.9 Å². The van der Waals surface area contributed by atoms with Gasteiger partial charge in [-0.15, -0.1) is 0 Å². The third kappa shape index (κ3) is 5.99. The van der Waals surface area contributed by atoms with E-state index in [2.05, 4.69) is 4.72 Å². The zero-order valence-electron chi connectivity index (χ0n) is 16.3. The number of nitrogens with one attached hydrogen (secondary N) is 1. The first-order chi connectivity index (χ1) is 12.0. The van der Waals surface area contributed by atoms with Crippen LogP contribution in [0.5, 0.6) is 0 Å². The van der Waals surface area contributed by atoms with Crippen molar-refractivity contribution >= 4 is 16.1 Å². The Morgan fingerprint density at radius 1 is 1.27 bits per heavy atom. The number of hydrogen-bond donors (Lipinski definition) is 1. The number of benzene rings is 1. The van der Waals surface area contributed by atoms with Gasteiger partial charge in [-0.3, -0.25) is 0 Å². The molecule has 0 unspecified atom stereocenters. The van der Waals surface area contributed by atoms with Gasteiger partial charge in [-0.2, -0.15) is 0 Å². The SMILES string of the molecule is Cc1ccc(S(=O)(=O)NCCCN(C(=O)OC(C)(C)C)C2CC2)c(C)c1. The van der Waals surface area contributed by atoms with Crippen LogP contribution < -0.4 is 4.72 Å². The number of carbonyl (C=O) groups is 1. The van der Waals surface area contributed by atoms with E-state index in [4.69, 9.17) is 4.74 Å². The van der Waals surface area contributed by atoms with E-state index in [9.17, 15) is 13.2 Å². The summed E-state index contributed by atoms with van der Waals surface area (Å²) in [6, 6.07) is 5.50. The lowest BCUT2D eigenvalue weighted by atomic mass is 10.2. The summed E-state index contributed by atoms with van der Waals surface area (Å²) in [5, 5.41) is 0. The molecule has 1 aliphatic rings. The first-order valence-electron chi connectivity index (χ1n) is 9.06. The van der Waals surface area contributed by atoms with Gasteiger partial charge in [0.05, 0.1) is 4.90 Å². The maximum absolute atomic E-state index is 12.5. The molecule has 1 amide bonds. The summed E-state index contributed by atoms with van der Waals surface area (Å²) >= 11 is 0. The normalized spacial score (nSPS) is 15.0. The van der Waals surface area contributed by atoms with Crippen LogP contribution in [0.4, 0.5) is 4.79 Å². The lowest BCUT2D eigenvalue weighted by molar-refractivity contribution is 0.0232. The van der Waals surface area contributed by atoms with Crippen molar-refractivity contribution in [3.8, 4) is 0 Å². The van der Waals surface area contributed by atoms with E-state index < -0.39 is 15.6 Å². The molecule has 1 N–H and O–H groups in total. The summed E-state index contributed by atoms with van der Waals surface area (Å²) in [6.45, 7) is 10.0. The highest BCUT2D eigenvalue weighted by atomic mass is 32.2. The molecular formula is C19H30N2O4S. The van der Waals surface area contributed by atoms with Gasteiger partial charge in [0.1, 0.15) is 5.60 Å². The van der Waals surface area contributed by atoms with Crippen LogP contribution in [0.2, 0.25) is 0 Å². The molecule has 0 aliphatic heterocycles. The van der Waals surface area contributed by atoms with Crippen LogP contribution in [0.1, 0.15) is 51.2 Å². The quantitative estimate of drug-likeness (QED) is 0.734. The van der Waals surface area contributed by atoms with Gasteiger partial charge in [-0.1, -0.05) is 17.7 Å². The maximum atomic E-state index is 12.5. The van der Waals surface area contributed by atoms with Crippen LogP contribution in [0.3, 0.4) is 0 Å². The fourth-order valence-electron chi connectivity index (χ4n) is 2.76. The largest absolute Gasteiger partial charge is 0.444 e. The monoisotopic (exact) mass is 382 g/mol. The molecule has 6 nitrogen and oxygen atoms in total. The molecule has 0 bridgehead atoms. The van der Waals surface area contributed by atoms with Crippen molar-refractivity contribution in [2.24, 2.45) is 0 Å². The topological polar surface area (TPSA) is 75.7 Å². The fraction of sp³-hybridized carbons (Fsp3) is 0.632. The van der Waals surface area contributed by atoms with Crippen molar-refractivity contribution < 1.29 is 17.9 Å². The number of amides is 1. The molecule has 0 radical (unpaired) electrons. The van der Waals surface area contributed by atoms with Crippen molar-refractivity contribution in [3.63, 3.8) is 0 Å². The minimum Gasteiger partial charge on any atom is -0.444 e. The smallest absolute Gasteiger partial charge is 0.410 e. The van der Waals surface area contributed by atoms with Crippen LogP contribution in [-0.2, 0) is 14.8 Å². The summed E-state index contributed by atoms with van der Waals surface area (Å²) in [7, 11) is -3.54. The minimum atomic E-state index is -3.54. The summed E-state index contributed by atoms with van der Waals surface area (Å²) in [6.07, 6.45) is 2.18. The number of hydrogen-bond acceptors (Lipinski definition) is 4. The molecular weight excluding hydrogens is 352 g/mol. The van der Waals surface area contributed by atoms with Crippen LogP contribution in [-0.4, -0.2) is 44.1 Å². The van der Waals surface area contributed by atoms with Crippen LogP contribution in [0, 0.1) is 13.8 Å². The molecule has 146 valence electrons. The predicted octanol–water partition coefficient (Wildman–Crippen LogP) is 3.37. The second kappa shape index (κ2) is 7.96. The molecule has 1 aromatic carbocycles. The molecule has 0 spiro atoms. The molecule has 1 fully saturated rings. The van der Waals surface area contributed by atoms with Crippen molar-refractivity contribution in [2.75, 3.05) is 13.1 Å².